The fourth-order valence-corrected chi connectivity index (χ4v) is 5.41. The highest BCUT2D eigenvalue weighted by Crippen LogP contribution is 2.47. The van der Waals surface area contributed by atoms with Crippen molar-refractivity contribution in [3.05, 3.63) is 0 Å². The number of carbonyl (C=O) groups excluding carboxylic acids is 1. The zero-order valence-electron chi connectivity index (χ0n) is 16.3. The molecule has 2 aliphatic carbocycles. The number of ether oxygens (including phenoxy) is 1. The molecule has 0 aromatic rings. The summed E-state index contributed by atoms with van der Waals surface area (Å²) in [6.07, 6.45) is -0.130. The monoisotopic (exact) mass is 392 g/mol. The minimum absolute atomic E-state index is 0.125. The summed E-state index contributed by atoms with van der Waals surface area (Å²) in [6, 6.07) is 0. The van der Waals surface area contributed by atoms with Crippen LogP contribution in [0.5, 0.6) is 0 Å². The summed E-state index contributed by atoms with van der Waals surface area (Å²) in [5.41, 5.74) is 0. The molecule has 156 valence electrons. The number of Topliss-reactive ketones (excluding diaryl/α,β-unsaturated/α-hetero) is 1. The van der Waals surface area contributed by atoms with Crippen molar-refractivity contribution in [2.75, 3.05) is 6.61 Å². The molecule has 0 amide bonds. The fraction of sp³-hybridized carbons (Fsp3) is 0.952. The molecule has 3 fully saturated rings. The second kappa shape index (κ2) is 8.38. The van der Waals surface area contributed by atoms with E-state index in [2.05, 4.69) is 6.92 Å². The van der Waals surface area contributed by atoms with Crippen LogP contribution in [0.2, 0.25) is 0 Å². The highest BCUT2D eigenvalue weighted by Gasteiger charge is 2.56. The molecule has 0 aromatic heterocycles. The first-order chi connectivity index (χ1) is 12.7. The van der Waals surface area contributed by atoms with E-state index in [-0.39, 0.29) is 19.1 Å². The Morgan fingerprint density at radius 1 is 0.926 bits per heavy atom. The zero-order chi connectivity index (χ0) is 19.8. The van der Waals surface area contributed by atoms with Gasteiger partial charge in [-0.2, -0.15) is 13.2 Å². The molecule has 0 aromatic carbocycles. The maximum Gasteiger partial charge on any atom is 0.395 e. The fourth-order valence-electron chi connectivity index (χ4n) is 5.41. The molecule has 0 N–H and O–H groups in total. The van der Waals surface area contributed by atoms with Crippen molar-refractivity contribution in [2.45, 2.75) is 83.7 Å². The van der Waals surface area contributed by atoms with Gasteiger partial charge in [-0.1, -0.05) is 26.7 Å². The highest BCUT2D eigenvalue weighted by molar-refractivity contribution is 5.84. The lowest BCUT2D eigenvalue weighted by Gasteiger charge is -2.41. The summed E-state index contributed by atoms with van der Waals surface area (Å²) >= 11 is 0. The van der Waals surface area contributed by atoms with Crippen LogP contribution in [-0.4, -0.2) is 30.8 Å². The first kappa shape index (κ1) is 21.1. The van der Waals surface area contributed by atoms with Crippen molar-refractivity contribution in [3.63, 3.8) is 0 Å². The third-order valence-corrected chi connectivity index (χ3v) is 7.30. The number of carbonyl (C=O) groups is 1. The summed E-state index contributed by atoms with van der Waals surface area (Å²) in [4.78, 5) is 12.8. The lowest BCUT2D eigenvalue weighted by molar-refractivity contribution is -0.221. The number of ketones is 1. The molecule has 1 saturated heterocycles. The molecule has 2 saturated carbocycles. The predicted octanol–water partition coefficient (Wildman–Crippen LogP) is 5.74. The molecule has 6 unspecified atom stereocenters. The van der Waals surface area contributed by atoms with Gasteiger partial charge in [0.2, 0.25) is 0 Å². The van der Waals surface area contributed by atoms with Gasteiger partial charge in [0.05, 0.1) is 18.6 Å². The summed E-state index contributed by atoms with van der Waals surface area (Å²) in [6.45, 7) is 3.96. The molecular formula is C21H32F4O2. The SMILES string of the molecule is CC1CCC(C2CCC(C(=O)C3CCC(C)C(F)C3C(F)(F)F)CO2)CC1. The molecule has 1 heterocycles. The number of rotatable bonds is 3. The van der Waals surface area contributed by atoms with Crippen molar-refractivity contribution < 1.29 is 27.1 Å². The Hall–Kier alpha value is -0.650. The van der Waals surface area contributed by atoms with Crippen molar-refractivity contribution >= 4 is 5.78 Å². The van der Waals surface area contributed by atoms with Crippen LogP contribution in [0.3, 0.4) is 0 Å². The van der Waals surface area contributed by atoms with Crippen LogP contribution in [0, 0.1) is 35.5 Å². The van der Waals surface area contributed by atoms with Gasteiger partial charge in [0.15, 0.2) is 0 Å². The molecule has 2 nitrogen and oxygen atoms in total. The van der Waals surface area contributed by atoms with Gasteiger partial charge in [-0.15, -0.1) is 0 Å². The zero-order valence-corrected chi connectivity index (χ0v) is 16.3. The average Bonchev–Trinajstić information content (AvgIpc) is 2.63. The van der Waals surface area contributed by atoms with Crippen LogP contribution >= 0.6 is 0 Å². The third kappa shape index (κ3) is 4.68. The first-order valence-corrected chi connectivity index (χ1v) is 10.5. The second-order valence-corrected chi connectivity index (χ2v) is 9.24. The Morgan fingerprint density at radius 3 is 2.15 bits per heavy atom. The molecular weight excluding hydrogens is 360 g/mol. The van der Waals surface area contributed by atoms with Gasteiger partial charge >= 0.3 is 6.18 Å². The van der Waals surface area contributed by atoms with Gasteiger partial charge in [-0.3, -0.25) is 4.79 Å². The Morgan fingerprint density at radius 2 is 1.59 bits per heavy atom. The van der Waals surface area contributed by atoms with E-state index in [1.165, 1.54) is 19.8 Å². The number of hydrogen-bond acceptors (Lipinski definition) is 2. The van der Waals surface area contributed by atoms with Crippen molar-refractivity contribution in [3.8, 4) is 0 Å². The van der Waals surface area contributed by atoms with E-state index < -0.39 is 41.8 Å². The molecule has 0 bridgehead atoms. The predicted molar refractivity (Wildman–Crippen MR) is 94.9 cm³/mol. The van der Waals surface area contributed by atoms with Gasteiger partial charge in [0.25, 0.3) is 0 Å². The van der Waals surface area contributed by atoms with Crippen molar-refractivity contribution in [2.24, 2.45) is 35.5 Å². The summed E-state index contributed by atoms with van der Waals surface area (Å²) < 4.78 is 60.7. The van der Waals surface area contributed by atoms with Crippen LogP contribution in [0.1, 0.15) is 65.2 Å². The highest BCUT2D eigenvalue weighted by atomic mass is 19.4. The van der Waals surface area contributed by atoms with Gasteiger partial charge in [0, 0.05) is 11.8 Å². The molecule has 3 aliphatic rings. The van der Waals surface area contributed by atoms with E-state index in [1.54, 1.807) is 0 Å². The van der Waals surface area contributed by atoms with Crippen LogP contribution in [-0.2, 0) is 9.53 Å². The van der Waals surface area contributed by atoms with Crippen molar-refractivity contribution in [1.29, 1.82) is 0 Å². The maximum absolute atomic E-state index is 14.3. The van der Waals surface area contributed by atoms with Crippen LogP contribution in [0.4, 0.5) is 17.6 Å². The number of alkyl halides is 4. The maximum atomic E-state index is 14.3. The Kier molecular flexibility index (Phi) is 6.54. The molecule has 0 radical (unpaired) electrons. The van der Waals surface area contributed by atoms with E-state index in [9.17, 15) is 22.4 Å². The molecule has 6 heteroatoms. The van der Waals surface area contributed by atoms with Crippen LogP contribution < -0.4 is 0 Å². The molecule has 1 aliphatic heterocycles. The Balaban J connectivity index is 1.59. The first-order valence-electron chi connectivity index (χ1n) is 10.5. The molecule has 3 rings (SSSR count). The summed E-state index contributed by atoms with van der Waals surface area (Å²) in [5.74, 6) is -3.75. The molecule has 0 spiro atoms. The Labute approximate surface area is 159 Å². The molecule has 27 heavy (non-hydrogen) atoms. The second-order valence-electron chi connectivity index (χ2n) is 9.24. The normalized spacial score (nSPS) is 44.1. The van der Waals surface area contributed by atoms with Crippen LogP contribution in [0.25, 0.3) is 0 Å². The van der Waals surface area contributed by atoms with E-state index in [1.807, 2.05) is 0 Å². The van der Waals surface area contributed by atoms with Gasteiger partial charge in [-0.05, 0) is 56.3 Å². The average molecular weight is 392 g/mol. The van der Waals surface area contributed by atoms with E-state index in [0.29, 0.717) is 18.8 Å². The van der Waals surface area contributed by atoms with E-state index >= 15 is 0 Å². The van der Waals surface area contributed by atoms with E-state index in [4.69, 9.17) is 4.74 Å². The van der Waals surface area contributed by atoms with E-state index in [0.717, 1.165) is 25.2 Å². The summed E-state index contributed by atoms with van der Waals surface area (Å²) in [5, 5.41) is 0. The lowest BCUT2D eigenvalue weighted by atomic mass is 9.68. The minimum atomic E-state index is -4.68. The summed E-state index contributed by atoms with van der Waals surface area (Å²) in [7, 11) is 0. The van der Waals surface area contributed by atoms with Gasteiger partial charge in [0.1, 0.15) is 12.0 Å². The largest absolute Gasteiger partial charge is 0.395 e. The quantitative estimate of drug-likeness (QED) is 0.573. The van der Waals surface area contributed by atoms with Gasteiger partial charge < -0.3 is 4.74 Å². The van der Waals surface area contributed by atoms with Gasteiger partial charge in [-0.25, -0.2) is 4.39 Å². The van der Waals surface area contributed by atoms with Crippen molar-refractivity contribution in [1.82, 2.24) is 0 Å². The topological polar surface area (TPSA) is 26.3 Å². The number of halogens is 4. The van der Waals surface area contributed by atoms with Crippen LogP contribution in [0.15, 0.2) is 0 Å². The lowest BCUT2D eigenvalue weighted by Crippen LogP contribution is -2.49. The standard InChI is InChI=1S/C21H32F4O2/c1-12-3-6-14(7-4-12)17-10-8-15(11-27-17)20(26)16-9-5-13(2)19(22)18(16)21(23,24)25/h12-19H,3-11H2,1-2H3. The minimum Gasteiger partial charge on any atom is -0.377 e. The smallest absolute Gasteiger partial charge is 0.377 e. The third-order valence-electron chi connectivity index (χ3n) is 7.30. The number of hydrogen-bond donors (Lipinski definition) is 0. The molecule has 6 atom stereocenters. The Bertz CT molecular complexity index is 505.